The van der Waals surface area contributed by atoms with E-state index in [1.807, 2.05) is 48.0 Å². The molecule has 0 bridgehead atoms. The third kappa shape index (κ3) is 3.50. The Labute approximate surface area is 156 Å². The van der Waals surface area contributed by atoms with Crippen molar-refractivity contribution >= 4 is 16.8 Å². The number of hydrogen-bond acceptors (Lipinski definition) is 5. The van der Waals surface area contributed by atoms with Crippen LogP contribution in [0.1, 0.15) is 28.7 Å². The van der Waals surface area contributed by atoms with Crippen LogP contribution in [0.5, 0.6) is 0 Å². The number of benzene rings is 2. The van der Waals surface area contributed by atoms with Crippen molar-refractivity contribution in [1.29, 1.82) is 0 Å². The Hall–Kier alpha value is -3.32. The molecule has 0 saturated carbocycles. The standard InChI is InChI=1S/C20H19N5O2/c1-14(26)16-6-7-19-18(9-16)22-13-25(19)17-5-3-4-15(8-17)10-27-11-20-21-12-23-24(20)2/h3-9,12-13H,10-11H2,1-2H3. The van der Waals surface area contributed by atoms with Crippen molar-refractivity contribution in [3.8, 4) is 5.69 Å². The molecule has 0 aliphatic rings. The van der Waals surface area contributed by atoms with Crippen LogP contribution in [0, 0.1) is 0 Å². The van der Waals surface area contributed by atoms with Crippen LogP contribution in [0.2, 0.25) is 0 Å². The van der Waals surface area contributed by atoms with Gasteiger partial charge in [0.05, 0.1) is 17.6 Å². The maximum Gasteiger partial charge on any atom is 0.159 e. The van der Waals surface area contributed by atoms with Gasteiger partial charge in [-0.2, -0.15) is 5.10 Å². The summed E-state index contributed by atoms with van der Waals surface area (Å²) >= 11 is 0. The van der Waals surface area contributed by atoms with Crippen LogP contribution in [0.3, 0.4) is 0 Å². The summed E-state index contributed by atoms with van der Waals surface area (Å²) in [6.07, 6.45) is 3.29. The predicted molar refractivity (Wildman–Crippen MR) is 101 cm³/mol. The van der Waals surface area contributed by atoms with Gasteiger partial charge >= 0.3 is 0 Å². The van der Waals surface area contributed by atoms with Gasteiger partial charge in [0.15, 0.2) is 11.6 Å². The first kappa shape index (κ1) is 17.1. The molecular weight excluding hydrogens is 342 g/mol. The molecule has 0 spiro atoms. The monoisotopic (exact) mass is 361 g/mol. The summed E-state index contributed by atoms with van der Waals surface area (Å²) in [6.45, 7) is 2.44. The van der Waals surface area contributed by atoms with Gasteiger partial charge in [0, 0.05) is 18.3 Å². The van der Waals surface area contributed by atoms with Crippen molar-refractivity contribution < 1.29 is 9.53 Å². The number of rotatable bonds is 6. The van der Waals surface area contributed by atoms with Crippen molar-refractivity contribution in [3.05, 3.63) is 72.1 Å². The lowest BCUT2D eigenvalue weighted by atomic mass is 10.1. The highest BCUT2D eigenvalue weighted by molar-refractivity contribution is 5.97. The topological polar surface area (TPSA) is 74.8 Å². The fourth-order valence-electron chi connectivity index (χ4n) is 2.94. The molecule has 2 aromatic heterocycles. The SMILES string of the molecule is CC(=O)c1ccc2c(c1)ncn2-c1cccc(COCc2ncnn2C)c1. The molecule has 7 nitrogen and oxygen atoms in total. The van der Waals surface area contributed by atoms with E-state index in [1.54, 1.807) is 17.9 Å². The molecule has 136 valence electrons. The number of hydrogen-bond donors (Lipinski definition) is 0. The highest BCUT2D eigenvalue weighted by Crippen LogP contribution is 2.21. The molecule has 2 heterocycles. The first-order valence-corrected chi connectivity index (χ1v) is 8.60. The molecule has 0 N–H and O–H groups in total. The number of ether oxygens (including phenoxy) is 1. The summed E-state index contributed by atoms with van der Waals surface area (Å²) in [4.78, 5) is 20.1. The second-order valence-electron chi connectivity index (χ2n) is 6.34. The van der Waals surface area contributed by atoms with E-state index >= 15 is 0 Å². The number of imidazole rings is 1. The van der Waals surface area contributed by atoms with Gasteiger partial charge in [-0.25, -0.2) is 9.97 Å². The van der Waals surface area contributed by atoms with E-state index in [0.29, 0.717) is 18.8 Å². The van der Waals surface area contributed by atoms with Gasteiger partial charge in [-0.1, -0.05) is 12.1 Å². The molecule has 7 heteroatoms. The smallest absolute Gasteiger partial charge is 0.159 e. The summed E-state index contributed by atoms with van der Waals surface area (Å²) in [5, 5.41) is 4.03. The highest BCUT2D eigenvalue weighted by atomic mass is 16.5. The highest BCUT2D eigenvalue weighted by Gasteiger charge is 2.08. The van der Waals surface area contributed by atoms with Gasteiger partial charge in [-0.3, -0.25) is 14.0 Å². The van der Waals surface area contributed by atoms with E-state index < -0.39 is 0 Å². The lowest BCUT2D eigenvalue weighted by Crippen LogP contribution is -2.03. The lowest BCUT2D eigenvalue weighted by molar-refractivity contribution is 0.0993. The van der Waals surface area contributed by atoms with Gasteiger partial charge in [0.2, 0.25) is 0 Å². The van der Waals surface area contributed by atoms with Gasteiger partial charge < -0.3 is 4.74 Å². The van der Waals surface area contributed by atoms with E-state index in [0.717, 1.165) is 28.1 Å². The molecule has 0 atom stereocenters. The van der Waals surface area contributed by atoms with Crippen molar-refractivity contribution in [2.45, 2.75) is 20.1 Å². The number of aryl methyl sites for hydroxylation is 1. The Morgan fingerprint density at radius 1 is 1.11 bits per heavy atom. The molecule has 4 rings (SSSR count). The molecule has 0 aliphatic heterocycles. The molecule has 4 aromatic rings. The van der Waals surface area contributed by atoms with Crippen LogP contribution < -0.4 is 0 Å². The number of carbonyl (C=O) groups excluding carboxylic acids is 1. The van der Waals surface area contributed by atoms with Gasteiger partial charge in [0.1, 0.15) is 19.3 Å². The summed E-state index contributed by atoms with van der Waals surface area (Å²) < 4.78 is 9.46. The van der Waals surface area contributed by atoms with E-state index in [9.17, 15) is 4.79 Å². The Bertz CT molecular complexity index is 1110. The molecule has 0 unspecified atom stereocenters. The molecule has 27 heavy (non-hydrogen) atoms. The summed E-state index contributed by atoms with van der Waals surface area (Å²) in [5.41, 5.74) is 4.46. The Balaban J connectivity index is 1.54. The Morgan fingerprint density at radius 3 is 2.78 bits per heavy atom. The Kier molecular flexibility index (Phi) is 4.52. The number of ketones is 1. The average Bonchev–Trinajstić information content (AvgIpc) is 3.27. The zero-order chi connectivity index (χ0) is 18.8. The zero-order valence-electron chi connectivity index (χ0n) is 15.2. The van der Waals surface area contributed by atoms with Crippen LogP contribution in [-0.4, -0.2) is 30.1 Å². The molecule has 0 amide bonds. The fourth-order valence-corrected chi connectivity index (χ4v) is 2.94. The minimum atomic E-state index is 0.0357. The second-order valence-corrected chi connectivity index (χ2v) is 6.34. The first-order chi connectivity index (χ1) is 13.1. The molecule has 0 fully saturated rings. The second kappa shape index (κ2) is 7.13. The number of nitrogens with zero attached hydrogens (tertiary/aromatic N) is 5. The van der Waals surface area contributed by atoms with Gasteiger partial charge in [0.25, 0.3) is 0 Å². The van der Waals surface area contributed by atoms with E-state index in [4.69, 9.17) is 4.74 Å². The van der Waals surface area contributed by atoms with Crippen LogP contribution >= 0.6 is 0 Å². The molecule has 0 radical (unpaired) electrons. The van der Waals surface area contributed by atoms with Crippen LogP contribution in [0.15, 0.2) is 55.1 Å². The van der Waals surface area contributed by atoms with Crippen LogP contribution in [0.4, 0.5) is 0 Å². The lowest BCUT2D eigenvalue weighted by Gasteiger charge is -2.08. The predicted octanol–water partition coefficient (Wildman–Crippen LogP) is 3.07. The van der Waals surface area contributed by atoms with Crippen LogP contribution in [0.25, 0.3) is 16.7 Å². The average molecular weight is 361 g/mol. The van der Waals surface area contributed by atoms with Crippen molar-refractivity contribution in [3.63, 3.8) is 0 Å². The normalized spacial score (nSPS) is 11.2. The maximum atomic E-state index is 11.6. The zero-order valence-corrected chi connectivity index (χ0v) is 15.2. The van der Waals surface area contributed by atoms with E-state index in [1.165, 1.54) is 6.33 Å². The number of Topliss-reactive ketones (excluding diaryl/α,β-unsaturated/α-hetero) is 1. The minimum absolute atomic E-state index is 0.0357. The maximum absolute atomic E-state index is 11.6. The summed E-state index contributed by atoms with van der Waals surface area (Å²) in [6, 6.07) is 13.7. The van der Waals surface area contributed by atoms with Crippen molar-refractivity contribution in [2.75, 3.05) is 0 Å². The first-order valence-electron chi connectivity index (χ1n) is 8.60. The summed E-state index contributed by atoms with van der Waals surface area (Å²) in [5.74, 6) is 0.821. The third-order valence-corrected chi connectivity index (χ3v) is 4.45. The molecule has 0 aliphatic carbocycles. The van der Waals surface area contributed by atoms with E-state index in [-0.39, 0.29) is 5.78 Å². The fraction of sp³-hybridized carbons (Fsp3) is 0.200. The third-order valence-electron chi connectivity index (χ3n) is 4.45. The number of carbonyl (C=O) groups is 1. The van der Waals surface area contributed by atoms with E-state index in [2.05, 4.69) is 21.1 Å². The van der Waals surface area contributed by atoms with Gasteiger partial charge in [-0.05, 0) is 42.8 Å². The minimum Gasteiger partial charge on any atom is -0.369 e. The molecule has 2 aromatic carbocycles. The van der Waals surface area contributed by atoms with Crippen molar-refractivity contribution in [1.82, 2.24) is 24.3 Å². The Morgan fingerprint density at radius 2 is 2.00 bits per heavy atom. The number of aromatic nitrogens is 5. The quantitative estimate of drug-likeness (QED) is 0.493. The van der Waals surface area contributed by atoms with Crippen LogP contribution in [-0.2, 0) is 25.0 Å². The largest absolute Gasteiger partial charge is 0.369 e. The van der Waals surface area contributed by atoms with Crippen molar-refractivity contribution in [2.24, 2.45) is 7.05 Å². The number of fused-ring (bicyclic) bond motifs is 1. The molecule has 0 saturated heterocycles. The summed E-state index contributed by atoms with van der Waals surface area (Å²) in [7, 11) is 1.84. The molecular formula is C20H19N5O2. The van der Waals surface area contributed by atoms with Gasteiger partial charge in [-0.15, -0.1) is 0 Å².